The highest BCUT2D eigenvalue weighted by atomic mass is 19.3. The molecule has 0 aromatic heterocycles. The van der Waals surface area contributed by atoms with Crippen LogP contribution in [0.1, 0.15) is 24.4 Å². The summed E-state index contributed by atoms with van der Waals surface area (Å²) in [5, 5.41) is 0. The Kier molecular flexibility index (Phi) is 3.36. The van der Waals surface area contributed by atoms with E-state index in [2.05, 4.69) is 10.2 Å². The third-order valence-corrected chi connectivity index (χ3v) is 2.74. The van der Waals surface area contributed by atoms with E-state index in [1.807, 2.05) is 0 Å². The molecule has 1 aromatic rings. The largest absolute Gasteiger partial charge is 0.434 e. The number of para-hydroxylation sites is 1. The van der Waals surface area contributed by atoms with Crippen LogP contribution >= 0.6 is 0 Å². The Labute approximate surface area is 92.6 Å². The van der Waals surface area contributed by atoms with Crippen molar-refractivity contribution in [2.75, 3.05) is 0 Å². The van der Waals surface area contributed by atoms with Crippen molar-refractivity contribution in [2.45, 2.75) is 25.5 Å². The number of hydrogen-bond acceptors (Lipinski definition) is 3. The van der Waals surface area contributed by atoms with Crippen LogP contribution in [0, 0.1) is 5.92 Å². The first-order chi connectivity index (χ1) is 7.72. The molecule has 3 nitrogen and oxygen atoms in total. The van der Waals surface area contributed by atoms with Crippen LogP contribution in [0.15, 0.2) is 24.3 Å². The third kappa shape index (κ3) is 2.48. The van der Waals surface area contributed by atoms with Gasteiger partial charge in [0.2, 0.25) is 0 Å². The molecule has 0 saturated heterocycles. The lowest BCUT2D eigenvalue weighted by atomic mass is 10.0. The molecule has 2 rings (SSSR count). The lowest BCUT2D eigenvalue weighted by Gasteiger charge is -2.19. The van der Waals surface area contributed by atoms with Crippen LogP contribution in [0.4, 0.5) is 8.78 Å². The molecule has 16 heavy (non-hydrogen) atoms. The monoisotopic (exact) mass is 228 g/mol. The summed E-state index contributed by atoms with van der Waals surface area (Å²) in [6, 6.07) is 6.66. The number of nitrogens with two attached hydrogens (primary N) is 1. The maximum atomic E-state index is 12.2. The summed E-state index contributed by atoms with van der Waals surface area (Å²) in [5.41, 5.74) is 3.37. The molecule has 1 fully saturated rings. The minimum absolute atomic E-state index is 0.102. The van der Waals surface area contributed by atoms with Gasteiger partial charge in [-0.3, -0.25) is 11.3 Å². The van der Waals surface area contributed by atoms with Gasteiger partial charge in [0, 0.05) is 5.56 Å². The van der Waals surface area contributed by atoms with Crippen molar-refractivity contribution < 1.29 is 13.5 Å². The number of nitrogens with one attached hydrogen (secondary N) is 1. The van der Waals surface area contributed by atoms with E-state index in [0.29, 0.717) is 11.5 Å². The molecule has 1 aliphatic rings. The number of rotatable bonds is 5. The van der Waals surface area contributed by atoms with Crippen molar-refractivity contribution in [3.8, 4) is 5.75 Å². The number of hydrogen-bond donors (Lipinski definition) is 2. The van der Waals surface area contributed by atoms with Gasteiger partial charge in [-0.1, -0.05) is 18.2 Å². The predicted molar refractivity (Wildman–Crippen MR) is 55.9 cm³/mol. The van der Waals surface area contributed by atoms with E-state index in [9.17, 15) is 8.78 Å². The highest BCUT2D eigenvalue weighted by Gasteiger charge is 2.33. The summed E-state index contributed by atoms with van der Waals surface area (Å²) in [4.78, 5) is 0. The Balaban J connectivity index is 2.23. The van der Waals surface area contributed by atoms with Crippen LogP contribution in [0.25, 0.3) is 0 Å². The molecule has 0 aliphatic heterocycles. The van der Waals surface area contributed by atoms with Gasteiger partial charge in [0.1, 0.15) is 5.75 Å². The molecule has 1 aliphatic carbocycles. The highest BCUT2D eigenvalue weighted by Crippen LogP contribution is 2.43. The van der Waals surface area contributed by atoms with Gasteiger partial charge in [-0.2, -0.15) is 8.78 Å². The lowest BCUT2D eigenvalue weighted by molar-refractivity contribution is -0.0507. The van der Waals surface area contributed by atoms with Gasteiger partial charge in [0.15, 0.2) is 0 Å². The Morgan fingerprint density at radius 1 is 1.31 bits per heavy atom. The van der Waals surface area contributed by atoms with Crippen LogP contribution in [-0.4, -0.2) is 6.61 Å². The number of hydrazine groups is 1. The predicted octanol–water partition coefficient (Wildman–Crippen LogP) is 2.20. The highest BCUT2D eigenvalue weighted by molar-refractivity contribution is 5.36. The summed E-state index contributed by atoms with van der Waals surface area (Å²) >= 11 is 0. The normalized spacial score (nSPS) is 17.5. The third-order valence-electron chi connectivity index (χ3n) is 2.74. The van der Waals surface area contributed by atoms with Crippen LogP contribution in [0.2, 0.25) is 0 Å². The molecule has 88 valence electrons. The fraction of sp³-hybridized carbons (Fsp3) is 0.455. The van der Waals surface area contributed by atoms with Gasteiger partial charge in [-0.05, 0) is 24.8 Å². The summed E-state index contributed by atoms with van der Waals surface area (Å²) in [6.45, 7) is -2.81. The van der Waals surface area contributed by atoms with Crippen molar-refractivity contribution in [2.24, 2.45) is 11.8 Å². The summed E-state index contributed by atoms with van der Waals surface area (Å²) in [6.07, 6.45) is 2.13. The fourth-order valence-electron chi connectivity index (χ4n) is 1.85. The quantitative estimate of drug-likeness (QED) is 0.600. The standard InChI is InChI=1S/C11H14F2N2O/c12-11(13)16-9-4-2-1-3-8(9)10(15-14)7-5-6-7/h1-4,7,10-11,15H,5-6,14H2. The molecule has 1 unspecified atom stereocenters. The summed E-state index contributed by atoms with van der Waals surface area (Å²) < 4.78 is 28.9. The molecular formula is C11H14F2N2O. The average Bonchev–Trinajstić information content (AvgIpc) is 3.05. The first-order valence-corrected chi connectivity index (χ1v) is 5.22. The van der Waals surface area contributed by atoms with Crippen LogP contribution in [-0.2, 0) is 0 Å². The topological polar surface area (TPSA) is 47.3 Å². The SMILES string of the molecule is NNC(c1ccccc1OC(F)F)C1CC1. The lowest BCUT2D eigenvalue weighted by Crippen LogP contribution is -2.30. The van der Waals surface area contributed by atoms with Crippen molar-refractivity contribution >= 4 is 0 Å². The van der Waals surface area contributed by atoms with Gasteiger partial charge in [0.25, 0.3) is 0 Å². The van der Waals surface area contributed by atoms with Gasteiger partial charge < -0.3 is 4.74 Å². The molecule has 0 radical (unpaired) electrons. The molecule has 0 spiro atoms. The van der Waals surface area contributed by atoms with E-state index in [1.165, 1.54) is 6.07 Å². The zero-order valence-electron chi connectivity index (χ0n) is 8.70. The molecule has 1 saturated carbocycles. The second-order valence-corrected chi connectivity index (χ2v) is 3.90. The minimum atomic E-state index is -2.81. The van der Waals surface area contributed by atoms with Gasteiger partial charge in [-0.25, -0.2) is 0 Å². The minimum Gasteiger partial charge on any atom is -0.434 e. The number of alkyl halides is 2. The van der Waals surface area contributed by atoms with Crippen molar-refractivity contribution in [3.63, 3.8) is 0 Å². The van der Waals surface area contributed by atoms with E-state index < -0.39 is 6.61 Å². The van der Waals surface area contributed by atoms with Gasteiger partial charge >= 0.3 is 6.61 Å². The van der Waals surface area contributed by atoms with Gasteiger partial charge in [0.05, 0.1) is 6.04 Å². The molecule has 5 heteroatoms. The first-order valence-electron chi connectivity index (χ1n) is 5.22. The molecule has 0 amide bonds. The maximum Gasteiger partial charge on any atom is 0.387 e. The van der Waals surface area contributed by atoms with E-state index in [-0.39, 0.29) is 11.8 Å². The average molecular weight is 228 g/mol. The second kappa shape index (κ2) is 4.76. The van der Waals surface area contributed by atoms with Crippen LogP contribution in [0.5, 0.6) is 5.75 Å². The van der Waals surface area contributed by atoms with E-state index in [4.69, 9.17) is 5.84 Å². The number of halogens is 2. The zero-order chi connectivity index (χ0) is 11.5. The smallest absolute Gasteiger partial charge is 0.387 e. The van der Waals surface area contributed by atoms with E-state index >= 15 is 0 Å². The Hall–Kier alpha value is -1.20. The molecular weight excluding hydrogens is 214 g/mol. The molecule has 0 bridgehead atoms. The Morgan fingerprint density at radius 2 is 2.00 bits per heavy atom. The van der Waals surface area contributed by atoms with E-state index in [0.717, 1.165) is 12.8 Å². The molecule has 1 aromatic carbocycles. The zero-order valence-corrected chi connectivity index (χ0v) is 8.70. The van der Waals surface area contributed by atoms with Gasteiger partial charge in [-0.15, -0.1) is 0 Å². The van der Waals surface area contributed by atoms with Crippen molar-refractivity contribution in [1.29, 1.82) is 0 Å². The Bertz CT molecular complexity index is 356. The van der Waals surface area contributed by atoms with E-state index in [1.54, 1.807) is 18.2 Å². The molecule has 0 heterocycles. The molecule has 3 N–H and O–H groups in total. The van der Waals surface area contributed by atoms with Crippen molar-refractivity contribution in [3.05, 3.63) is 29.8 Å². The van der Waals surface area contributed by atoms with Crippen LogP contribution < -0.4 is 16.0 Å². The maximum absolute atomic E-state index is 12.2. The van der Waals surface area contributed by atoms with Crippen molar-refractivity contribution in [1.82, 2.24) is 5.43 Å². The molecule has 1 atom stereocenters. The summed E-state index contributed by atoms with van der Waals surface area (Å²) in [5.74, 6) is 6.08. The fourth-order valence-corrected chi connectivity index (χ4v) is 1.85. The first kappa shape index (κ1) is 11.3. The second-order valence-electron chi connectivity index (χ2n) is 3.90. The summed E-state index contributed by atoms with van der Waals surface area (Å²) in [7, 11) is 0. The van der Waals surface area contributed by atoms with Crippen LogP contribution in [0.3, 0.4) is 0 Å². The number of benzene rings is 1. The number of ether oxygens (including phenoxy) is 1. The Morgan fingerprint density at radius 3 is 2.56 bits per heavy atom.